The van der Waals surface area contributed by atoms with E-state index in [1.807, 2.05) is 0 Å². The summed E-state index contributed by atoms with van der Waals surface area (Å²) in [6.45, 7) is -1.86. The number of aromatic nitrogens is 3. The van der Waals surface area contributed by atoms with Crippen LogP contribution in [0.5, 0.6) is 0 Å². The number of rotatable bonds is 3. The highest BCUT2D eigenvalue weighted by Gasteiger charge is 2.29. The molecule has 6 bridgehead atoms. The fourth-order valence-corrected chi connectivity index (χ4v) is 2.91. The quantitative estimate of drug-likeness (QED) is 0.257. The highest BCUT2D eigenvalue weighted by Crippen LogP contribution is 2.19. The van der Waals surface area contributed by atoms with Crippen LogP contribution in [0.4, 0.5) is 0 Å². The van der Waals surface area contributed by atoms with Crippen molar-refractivity contribution in [3.63, 3.8) is 0 Å². The number of carbonyl (C=O) groups excluding carboxylic acids is 3. The number of carbonyl (C=O) groups is 3. The van der Waals surface area contributed by atoms with Gasteiger partial charge in [0, 0.05) is 0 Å². The molecule has 4 heterocycles. The average molecular weight is 462 g/mol. The number of nitrogens with one attached hydrogen (secondary N) is 3. The van der Waals surface area contributed by atoms with Gasteiger partial charge in [0.05, 0.1) is 19.8 Å². The van der Waals surface area contributed by atoms with Gasteiger partial charge in [-0.3, -0.25) is 14.4 Å². The molecule has 4 rings (SSSR count). The van der Waals surface area contributed by atoms with Gasteiger partial charge in [-0.15, -0.1) is 0 Å². The van der Waals surface area contributed by atoms with Crippen LogP contribution in [-0.4, -0.2) is 67.8 Å². The first-order valence-electron chi connectivity index (χ1n) is 9.54. The summed E-state index contributed by atoms with van der Waals surface area (Å²) >= 11 is 0. The molecule has 3 aromatic heterocycles. The maximum Gasteiger partial charge on any atom is 0.273 e. The minimum Gasteiger partial charge on any atom is -0.446 e. The van der Waals surface area contributed by atoms with Gasteiger partial charge in [0.25, 0.3) is 17.7 Å². The maximum atomic E-state index is 12.5. The van der Waals surface area contributed by atoms with Gasteiger partial charge >= 0.3 is 0 Å². The van der Waals surface area contributed by atoms with Crippen molar-refractivity contribution >= 4 is 17.7 Å². The van der Waals surface area contributed by atoms with Gasteiger partial charge in [-0.05, 0) is 0 Å². The number of amides is 3. The van der Waals surface area contributed by atoms with Crippen LogP contribution >= 0.6 is 0 Å². The molecule has 6 N–H and O–H groups in total. The third-order valence-corrected chi connectivity index (χ3v) is 4.62. The van der Waals surface area contributed by atoms with Crippen molar-refractivity contribution in [2.75, 3.05) is 19.8 Å². The summed E-state index contributed by atoms with van der Waals surface area (Å²) in [6.07, 6.45) is 2.99. The van der Waals surface area contributed by atoms with E-state index in [1.165, 1.54) is 0 Å². The van der Waals surface area contributed by atoms with E-state index in [-0.39, 0.29) is 34.8 Å². The number of aliphatic hydroxyl groups excluding tert-OH is 3. The summed E-state index contributed by atoms with van der Waals surface area (Å²) < 4.78 is 15.6. The van der Waals surface area contributed by atoms with Gasteiger partial charge in [-0.2, -0.15) is 0 Å². The standard InChI is InChI=1S/C18H18N6O9/c25-1-7-16-22-11(4-31-16)14(29)20-9(3-27)18-24-12(6-33-18)15(30)21-8(2-26)17-23-10(5-32-17)13(28)19-7/h4-9,25-27H,1-3H2,(H,19,28)(H,20,29)(H,21,30)/t7-,8-,9-/m0/s1. The predicted octanol–water partition coefficient (Wildman–Crippen LogP) is -1.65. The lowest BCUT2D eigenvalue weighted by Gasteiger charge is -2.13. The van der Waals surface area contributed by atoms with Crippen molar-refractivity contribution in [1.82, 2.24) is 30.9 Å². The molecule has 1 aliphatic heterocycles. The van der Waals surface area contributed by atoms with E-state index in [4.69, 9.17) is 13.3 Å². The monoisotopic (exact) mass is 462 g/mol. The zero-order valence-electron chi connectivity index (χ0n) is 16.7. The first-order chi connectivity index (χ1) is 15.9. The summed E-state index contributed by atoms with van der Waals surface area (Å²) in [4.78, 5) is 49.4. The summed E-state index contributed by atoms with van der Waals surface area (Å²) in [5, 5.41) is 36.2. The molecule has 0 aromatic carbocycles. The molecule has 33 heavy (non-hydrogen) atoms. The molecule has 15 nitrogen and oxygen atoms in total. The Kier molecular flexibility index (Phi) is 6.16. The van der Waals surface area contributed by atoms with Crippen LogP contribution in [0.3, 0.4) is 0 Å². The first-order valence-corrected chi connectivity index (χ1v) is 9.54. The fourth-order valence-electron chi connectivity index (χ4n) is 2.91. The van der Waals surface area contributed by atoms with Crippen LogP contribution in [0, 0.1) is 0 Å². The molecule has 0 radical (unpaired) electrons. The Balaban J connectivity index is 1.73. The Labute approximate surface area is 183 Å². The molecule has 3 amide bonds. The van der Waals surface area contributed by atoms with Gasteiger partial charge in [0.15, 0.2) is 17.1 Å². The minimum absolute atomic E-state index is 0.166. The van der Waals surface area contributed by atoms with Crippen molar-refractivity contribution in [2.45, 2.75) is 18.1 Å². The number of hydrogen-bond donors (Lipinski definition) is 6. The smallest absolute Gasteiger partial charge is 0.273 e. The second-order valence-corrected chi connectivity index (χ2v) is 6.84. The zero-order valence-corrected chi connectivity index (χ0v) is 16.7. The average Bonchev–Trinajstić information content (AvgIpc) is 3.58. The lowest BCUT2D eigenvalue weighted by molar-refractivity contribution is 0.0896. The normalized spacial score (nSPS) is 21.5. The number of nitrogens with zero attached hydrogens (tertiary/aromatic N) is 3. The lowest BCUT2D eigenvalue weighted by Crippen LogP contribution is -2.34. The fraction of sp³-hybridized carbons (Fsp3) is 0.333. The Morgan fingerprint density at radius 3 is 1.12 bits per heavy atom. The maximum absolute atomic E-state index is 12.5. The summed E-state index contributed by atoms with van der Waals surface area (Å²) in [7, 11) is 0. The van der Waals surface area contributed by atoms with Gasteiger partial charge in [-0.1, -0.05) is 0 Å². The molecule has 174 valence electrons. The molecule has 1 aliphatic rings. The van der Waals surface area contributed by atoms with E-state index < -0.39 is 55.7 Å². The summed E-state index contributed by atoms with van der Waals surface area (Å²) in [5.74, 6) is -2.84. The van der Waals surface area contributed by atoms with Crippen molar-refractivity contribution < 1.29 is 43.0 Å². The largest absolute Gasteiger partial charge is 0.446 e. The molecule has 0 saturated carbocycles. The molecule has 0 spiro atoms. The van der Waals surface area contributed by atoms with E-state index in [1.54, 1.807) is 0 Å². The van der Waals surface area contributed by atoms with Crippen molar-refractivity contribution in [1.29, 1.82) is 0 Å². The molecule has 0 unspecified atom stereocenters. The van der Waals surface area contributed by atoms with Gasteiger partial charge in [-0.25, -0.2) is 15.0 Å². The van der Waals surface area contributed by atoms with Crippen LogP contribution in [0.1, 0.15) is 67.3 Å². The van der Waals surface area contributed by atoms with Crippen LogP contribution in [0.15, 0.2) is 32.0 Å². The van der Waals surface area contributed by atoms with Crippen LogP contribution < -0.4 is 16.0 Å². The Morgan fingerprint density at radius 1 is 0.606 bits per heavy atom. The molecule has 3 aromatic rings. The molecule has 3 atom stereocenters. The lowest BCUT2D eigenvalue weighted by atomic mass is 10.2. The highest BCUT2D eigenvalue weighted by atomic mass is 16.4. The Bertz CT molecular complexity index is 1020. The van der Waals surface area contributed by atoms with E-state index >= 15 is 0 Å². The first kappa shape index (κ1) is 22.1. The van der Waals surface area contributed by atoms with Crippen molar-refractivity contribution in [2.24, 2.45) is 0 Å². The summed E-state index contributed by atoms with van der Waals surface area (Å²) in [5.41, 5.74) is -0.635. The molecular weight excluding hydrogens is 444 g/mol. The third kappa shape index (κ3) is 4.45. The topological polar surface area (TPSA) is 226 Å². The van der Waals surface area contributed by atoms with Crippen molar-refractivity contribution in [3.05, 3.63) is 53.5 Å². The van der Waals surface area contributed by atoms with Gasteiger partial charge in [0.2, 0.25) is 17.7 Å². The predicted molar refractivity (Wildman–Crippen MR) is 101 cm³/mol. The van der Waals surface area contributed by atoms with E-state index in [0.717, 1.165) is 18.8 Å². The highest BCUT2D eigenvalue weighted by molar-refractivity contribution is 5.94. The van der Waals surface area contributed by atoms with E-state index in [0.29, 0.717) is 0 Å². The number of fused-ring (bicyclic) bond motifs is 6. The van der Waals surface area contributed by atoms with E-state index in [2.05, 4.69) is 30.9 Å². The Morgan fingerprint density at radius 2 is 0.879 bits per heavy atom. The van der Waals surface area contributed by atoms with Gasteiger partial charge in [0.1, 0.15) is 36.9 Å². The van der Waals surface area contributed by atoms with Crippen LogP contribution in [0.25, 0.3) is 0 Å². The molecule has 0 fully saturated rings. The number of aliphatic hydroxyl groups is 3. The SMILES string of the molecule is O=C1N[C@@H](CO)c2nc(co2)C(=O)N[C@@H](CO)c2nc(co2)C(=O)N[C@@H](CO)c2nc1co2. The third-order valence-electron chi connectivity index (χ3n) is 4.62. The van der Waals surface area contributed by atoms with E-state index in [9.17, 15) is 29.7 Å². The zero-order chi connectivity index (χ0) is 23.5. The molecular formula is C18H18N6O9. The van der Waals surface area contributed by atoms with Crippen molar-refractivity contribution in [3.8, 4) is 0 Å². The van der Waals surface area contributed by atoms with Gasteiger partial charge < -0.3 is 44.5 Å². The summed E-state index contributed by atoms with van der Waals surface area (Å²) in [6, 6.07) is -3.39. The molecule has 0 aliphatic carbocycles. The number of oxazole rings is 3. The van der Waals surface area contributed by atoms with Crippen LogP contribution in [0.2, 0.25) is 0 Å². The Hall–Kier alpha value is -4.08. The second kappa shape index (κ2) is 9.19. The van der Waals surface area contributed by atoms with Crippen LogP contribution in [-0.2, 0) is 0 Å². The number of hydrogen-bond acceptors (Lipinski definition) is 12. The minimum atomic E-state index is -1.13. The molecule has 15 heteroatoms. The second-order valence-electron chi connectivity index (χ2n) is 6.84. The molecule has 0 saturated heterocycles.